The molecule has 1 aliphatic heterocycles. The first-order chi connectivity index (χ1) is 6.08. The van der Waals surface area contributed by atoms with Gasteiger partial charge in [0.05, 0.1) is 12.2 Å². The van der Waals surface area contributed by atoms with Crippen molar-refractivity contribution in [2.24, 2.45) is 5.92 Å². The van der Waals surface area contributed by atoms with Crippen molar-refractivity contribution in [1.82, 2.24) is 0 Å². The largest absolute Gasteiger partial charge is 0.478 e. The predicted octanol–water partition coefficient (Wildman–Crippen LogP) is 1.83. The van der Waals surface area contributed by atoms with Gasteiger partial charge in [0.15, 0.2) is 0 Å². The van der Waals surface area contributed by atoms with Crippen LogP contribution in [0.3, 0.4) is 0 Å². The average molecular weight is 184 g/mol. The predicted molar refractivity (Wildman–Crippen MR) is 49.5 cm³/mol. The van der Waals surface area contributed by atoms with E-state index < -0.39 is 5.97 Å². The second-order valence-corrected chi connectivity index (χ2v) is 3.69. The van der Waals surface area contributed by atoms with Gasteiger partial charge in [0.2, 0.25) is 0 Å². The summed E-state index contributed by atoms with van der Waals surface area (Å²) in [7, 11) is 0. The van der Waals surface area contributed by atoms with Gasteiger partial charge in [0.1, 0.15) is 0 Å². The van der Waals surface area contributed by atoms with E-state index in [0.29, 0.717) is 5.92 Å². The Labute approximate surface area is 78.4 Å². The Morgan fingerprint density at radius 2 is 1.92 bits per heavy atom. The molecule has 2 atom stereocenters. The van der Waals surface area contributed by atoms with Gasteiger partial charge in [0.25, 0.3) is 0 Å². The van der Waals surface area contributed by atoms with Crippen molar-refractivity contribution in [2.45, 2.75) is 38.9 Å². The molecule has 0 amide bonds. The number of ether oxygens (including phenoxy) is 1. The molecule has 3 heteroatoms. The third-order valence-electron chi connectivity index (χ3n) is 2.24. The molecule has 1 fully saturated rings. The minimum absolute atomic E-state index is 0.243. The number of hydrogen-bond acceptors (Lipinski definition) is 2. The second kappa shape index (κ2) is 4.42. The van der Waals surface area contributed by atoms with E-state index in [4.69, 9.17) is 9.84 Å². The summed E-state index contributed by atoms with van der Waals surface area (Å²) >= 11 is 0. The van der Waals surface area contributed by atoms with Gasteiger partial charge >= 0.3 is 5.97 Å². The molecule has 3 nitrogen and oxygen atoms in total. The van der Waals surface area contributed by atoms with Crippen LogP contribution in [0, 0.1) is 5.92 Å². The monoisotopic (exact) mass is 184 g/mol. The van der Waals surface area contributed by atoms with Gasteiger partial charge in [0, 0.05) is 6.08 Å². The van der Waals surface area contributed by atoms with Crippen molar-refractivity contribution in [3.05, 3.63) is 12.2 Å². The van der Waals surface area contributed by atoms with E-state index in [-0.39, 0.29) is 12.2 Å². The molecule has 1 heterocycles. The topological polar surface area (TPSA) is 46.5 Å². The Balaban J connectivity index is 2.46. The standard InChI is InChI=1S/C10H16O3/c1-7-5-9(3-4-10(11)12)6-8(2)13-7/h3-4,7-9H,5-6H2,1-2H3,(H,11,12)/b4-3+. The van der Waals surface area contributed by atoms with E-state index in [2.05, 4.69) is 0 Å². The van der Waals surface area contributed by atoms with Gasteiger partial charge in [-0.15, -0.1) is 0 Å². The quantitative estimate of drug-likeness (QED) is 0.666. The summed E-state index contributed by atoms with van der Waals surface area (Å²) in [4.78, 5) is 10.3. The number of allylic oxidation sites excluding steroid dienone is 1. The van der Waals surface area contributed by atoms with Crippen LogP contribution >= 0.6 is 0 Å². The Kier molecular flexibility index (Phi) is 3.48. The van der Waals surface area contributed by atoms with Crippen LogP contribution in [0.1, 0.15) is 26.7 Å². The van der Waals surface area contributed by atoms with Crippen molar-refractivity contribution in [2.75, 3.05) is 0 Å². The molecule has 74 valence electrons. The van der Waals surface area contributed by atoms with Crippen LogP contribution < -0.4 is 0 Å². The van der Waals surface area contributed by atoms with Crippen LogP contribution in [-0.4, -0.2) is 23.3 Å². The highest BCUT2D eigenvalue weighted by Gasteiger charge is 2.22. The molecule has 0 aromatic heterocycles. The average Bonchev–Trinajstić information content (AvgIpc) is 1.99. The Morgan fingerprint density at radius 3 is 2.38 bits per heavy atom. The van der Waals surface area contributed by atoms with Gasteiger partial charge in [-0.05, 0) is 32.6 Å². The molecule has 0 saturated carbocycles. The van der Waals surface area contributed by atoms with Crippen LogP contribution in [0.5, 0.6) is 0 Å². The lowest BCUT2D eigenvalue weighted by Crippen LogP contribution is -2.28. The minimum Gasteiger partial charge on any atom is -0.478 e. The second-order valence-electron chi connectivity index (χ2n) is 3.69. The van der Waals surface area contributed by atoms with Gasteiger partial charge in [-0.3, -0.25) is 0 Å². The van der Waals surface area contributed by atoms with Crippen molar-refractivity contribution < 1.29 is 14.6 Å². The molecule has 0 radical (unpaired) electrons. The normalized spacial score (nSPS) is 35.1. The zero-order valence-corrected chi connectivity index (χ0v) is 8.06. The van der Waals surface area contributed by atoms with Crippen molar-refractivity contribution in [3.8, 4) is 0 Å². The molecule has 0 aliphatic carbocycles. The molecule has 1 rings (SSSR count). The third-order valence-corrected chi connectivity index (χ3v) is 2.24. The van der Waals surface area contributed by atoms with Gasteiger partial charge in [-0.25, -0.2) is 4.79 Å². The van der Waals surface area contributed by atoms with Gasteiger partial charge < -0.3 is 9.84 Å². The van der Waals surface area contributed by atoms with Crippen molar-refractivity contribution in [3.63, 3.8) is 0 Å². The summed E-state index contributed by atoms with van der Waals surface area (Å²) in [5.74, 6) is -0.512. The van der Waals surface area contributed by atoms with Crippen molar-refractivity contribution >= 4 is 5.97 Å². The molecular weight excluding hydrogens is 168 g/mol. The molecule has 1 saturated heterocycles. The fraction of sp³-hybridized carbons (Fsp3) is 0.700. The van der Waals surface area contributed by atoms with E-state index in [1.165, 1.54) is 6.08 Å². The Bertz CT molecular complexity index is 200. The molecule has 0 aromatic carbocycles. The lowest BCUT2D eigenvalue weighted by Gasteiger charge is -2.30. The van der Waals surface area contributed by atoms with Crippen molar-refractivity contribution in [1.29, 1.82) is 0 Å². The molecule has 13 heavy (non-hydrogen) atoms. The maximum atomic E-state index is 10.3. The molecule has 1 aliphatic rings. The van der Waals surface area contributed by atoms with E-state index >= 15 is 0 Å². The first-order valence-corrected chi connectivity index (χ1v) is 4.64. The lowest BCUT2D eigenvalue weighted by molar-refractivity contribution is -0.131. The van der Waals surface area contributed by atoms with Crippen LogP contribution in [-0.2, 0) is 9.53 Å². The summed E-state index contributed by atoms with van der Waals surface area (Å²) in [6.45, 7) is 4.05. The molecule has 0 aromatic rings. The van der Waals surface area contributed by atoms with Gasteiger partial charge in [-0.1, -0.05) is 6.08 Å². The molecule has 1 N–H and O–H groups in total. The number of rotatable bonds is 2. The minimum atomic E-state index is -0.869. The SMILES string of the molecule is CC1CC(/C=C/C(=O)O)CC(C)O1. The first kappa shape index (κ1) is 10.3. The maximum absolute atomic E-state index is 10.3. The number of carboxylic acid groups (broad SMARTS) is 1. The summed E-state index contributed by atoms with van der Waals surface area (Å²) in [6, 6.07) is 0. The highest BCUT2D eigenvalue weighted by Crippen LogP contribution is 2.25. The Hall–Kier alpha value is -0.830. The fourth-order valence-electron chi connectivity index (χ4n) is 1.83. The third kappa shape index (κ3) is 3.59. The lowest BCUT2D eigenvalue weighted by atomic mass is 9.92. The van der Waals surface area contributed by atoms with E-state index in [0.717, 1.165) is 12.8 Å². The molecular formula is C10H16O3. The van der Waals surface area contributed by atoms with Crippen LogP contribution in [0.4, 0.5) is 0 Å². The number of aliphatic carboxylic acids is 1. The van der Waals surface area contributed by atoms with Crippen LogP contribution in [0.15, 0.2) is 12.2 Å². The van der Waals surface area contributed by atoms with Crippen LogP contribution in [0.2, 0.25) is 0 Å². The highest BCUT2D eigenvalue weighted by molar-refractivity contribution is 5.79. The molecule has 0 bridgehead atoms. The molecule has 0 spiro atoms. The number of carbonyl (C=O) groups is 1. The zero-order chi connectivity index (χ0) is 9.84. The first-order valence-electron chi connectivity index (χ1n) is 4.64. The van der Waals surface area contributed by atoms with E-state index in [9.17, 15) is 4.79 Å². The van der Waals surface area contributed by atoms with Crippen LogP contribution in [0.25, 0.3) is 0 Å². The van der Waals surface area contributed by atoms with E-state index in [1.807, 2.05) is 13.8 Å². The van der Waals surface area contributed by atoms with Gasteiger partial charge in [-0.2, -0.15) is 0 Å². The number of carboxylic acids is 1. The summed E-state index contributed by atoms with van der Waals surface area (Å²) in [5, 5.41) is 8.46. The zero-order valence-electron chi connectivity index (χ0n) is 8.06. The summed E-state index contributed by atoms with van der Waals surface area (Å²) < 4.78 is 5.54. The fourth-order valence-corrected chi connectivity index (χ4v) is 1.83. The smallest absolute Gasteiger partial charge is 0.327 e. The number of hydrogen-bond donors (Lipinski definition) is 1. The maximum Gasteiger partial charge on any atom is 0.327 e. The molecule has 2 unspecified atom stereocenters. The van der Waals surface area contributed by atoms with E-state index in [1.54, 1.807) is 6.08 Å². The Morgan fingerprint density at radius 1 is 1.38 bits per heavy atom. The summed E-state index contributed by atoms with van der Waals surface area (Å²) in [5.41, 5.74) is 0. The summed E-state index contributed by atoms with van der Waals surface area (Å²) in [6.07, 6.45) is 5.34. The highest BCUT2D eigenvalue weighted by atomic mass is 16.5.